The first-order valence-corrected chi connectivity index (χ1v) is 7.43. The van der Waals surface area contributed by atoms with Crippen LogP contribution in [-0.4, -0.2) is 44.9 Å². The molecule has 98 valence electrons. The van der Waals surface area contributed by atoms with Crippen LogP contribution in [0.25, 0.3) is 0 Å². The summed E-state index contributed by atoms with van der Waals surface area (Å²) in [5.41, 5.74) is 1.04. The minimum Gasteiger partial charge on any atom is -0.478 e. The van der Waals surface area contributed by atoms with E-state index in [1.165, 1.54) is 0 Å². The van der Waals surface area contributed by atoms with Crippen molar-refractivity contribution >= 4 is 22.6 Å². The summed E-state index contributed by atoms with van der Waals surface area (Å²) in [5.74, 6) is 0.998. The highest BCUT2D eigenvalue weighted by Crippen LogP contribution is 2.17. The Kier molecular flexibility index (Phi) is 3.96. The summed E-state index contributed by atoms with van der Waals surface area (Å²) < 4.78 is 11.3. The van der Waals surface area contributed by atoms with E-state index in [0.717, 1.165) is 5.69 Å². The number of aryl methyl sites for hydroxylation is 1. The molecule has 5 nitrogen and oxygen atoms in total. The Morgan fingerprint density at radius 1 is 1.44 bits per heavy atom. The van der Waals surface area contributed by atoms with Crippen LogP contribution in [0.1, 0.15) is 23.0 Å². The largest absolute Gasteiger partial charge is 0.478 e. The van der Waals surface area contributed by atoms with Crippen molar-refractivity contribution in [1.29, 1.82) is 0 Å². The van der Waals surface area contributed by atoms with Gasteiger partial charge in [-0.05, 0) is 18.6 Å². The average molecular weight is 268 g/mol. The van der Waals surface area contributed by atoms with Gasteiger partial charge in [-0.2, -0.15) is 0 Å². The summed E-state index contributed by atoms with van der Waals surface area (Å²) in [6.07, 6.45) is 0.702. The van der Waals surface area contributed by atoms with Crippen molar-refractivity contribution in [2.24, 2.45) is 0 Å². The van der Waals surface area contributed by atoms with E-state index in [1.54, 1.807) is 12.1 Å². The molecule has 0 amide bonds. The Labute approximate surface area is 108 Å². The maximum Gasteiger partial charge on any atom is 0.335 e. The van der Waals surface area contributed by atoms with Gasteiger partial charge in [-0.25, -0.2) is 9.78 Å². The van der Waals surface area contributed by atoms with Crippen molar-refractivity contribution in [3.63, 3.8) is 0 Å². The molecule has 0 bridgehead atoms. The first-order valence-electron chi connectivity index (χ1n) is 5.94. The van der Waals surface area contributed by atoms with Crippen LogP contribution < -0.4 is 4.90 Å². The lowest BCUT2D eigenvalue weighted by Gasteiger charge is -2.27. The number of aromatic carboxylic acids is 1. The third kappa shape index (κ3) is 2.87. The van der Waals surface area contributed by atoms with Gasteiger partial charge in [-0.15, -0.1) is 0 Å². The van der Waals surface area contributed by atoms with Crippen molar-refractivity contribution in [1.82, 2.24) is 4.98 Å². The van der Waals surface area contributed by atoms with Gasteiger partial charge in [0.1, 0.15) is 5.82 Å². The summed E-state index contributed by atoms with van der Waals surface area (Å²) in [6, 6.07) is 3.20. The van der Waals surface area contributed by atoms with Crippen LogP contribution in [0.2, 0.25) is 0 Å². The molecule has 0 aliphatic carbocycles. The van der Waals surface area contributed by atoms with Crippen LogP contribution in [0.4, 0.5) is 5.82 Å². The lowest BCUT2D eigenvalue weighted by Crippen LogP contribution is -2.38. The quantitative estimate of drug-likeness (QED) is 0.882. The Balaban J connectivity index is 2.29. The Bertz CT molecular complexity index is 480. The second-order valence-corrected chi connectivity index (χ2v) is 5.90. The smallest absolute Gasteiger partial charge is 0.335 e. The summed E-state index contributed by atoms with van der Waals surface area (Å²) in [6.45, 7) is 3.29. The van der Waals surface area contributed by atoms with E-state index in [1.807, 2.05) is 11.8 Å². The minimum atomic E-state index is -0.936. The maximum atomic E-state index is 11.3. The van der Waals surface area contributed by atoms with Gasteiger partial charge < -0.3 is 10.0 Å². The highest BCUT2D eigenvalue weighted by atomic mass is 32.2. The fourth-order valence-corrected chi connectivity index (χ4v) is 2.96. The molecule has 0 radical (unpaired) electrons. The number of hydrogen-bond donors (Lipinski definition) is 1. The summed E-state index contributed by atoms with van der Waals surface area (Å²) in [5, 5.41) is 9.07. The van der Waals surface area contributed by atoms with Gasteiger partial charge in [0.2, 0.25) is 0 Å². The minimum absolute atomic E-state index is 0.267. The van der Waals surface area contributed by atoms with E-state index in [0.29, 0.717) is 36.8 Å². The average Bonchev–Trinajstić information content (AvgIpc) is 2.39. The highest BCUT2D eigenvalue weighted by molar-refractivity contribution is 7.85. The fraction of sp³-hybridized carbons (Fsp3) is 0.500. The Morgan fingerprint density at radius 2 is 2.11 bits per heavy atom. The van der Waals surface area contributed by atoms with E-state index >= 15 is 0 Å². The molecule has 1 aromatic rings. The number of pyridine rings is 1. The summed E-state index contributed by atoms with van der Waals surface area (Å²) in [4.78, 5) is 17.5. The highest BCUT2D eigenvalue weighted by Gasteiger charge is 2.18. The lowest BCUT2D eigenvalue weighted by molar-refractivity contribution is 0.0696. The Morgan fingerprint density at radius 3 is 2.67 bits per heavy atom. The van der Waals surface area contributed by atoms with Gasteiger partial charge in [-0.1, -0.05) is 6.92 Å². The van der Waals surface area contributed by atoms with E-state index in [-0.39, 0.29) is 5.56 Å². The molecule has 0 unspecified atom stereocenters. The van der Waals surface area contributed by atoms with Crippen LogP contribution in [0.15, 0.2) is 12.1 Å². The molecule has 1 aromatic heterocycles. The van der Waals surface area contributed by atoms with Gasteiger partial charge in [0.25, 0.3) is 0 Å². The number of carboxylic acid groups (broad SMARTS) is 1. The first-order chi connectivity index (χ1) is 8.60. The molecular weight excluding hydrogens is 252 g/mol. The topological polar surface area (TPSA) is 70.5 Å². The van der Waals surface area contributed by atoms with Gasteiger partial charge in [0.15, 0.2) is 0 Å². The number of aromatic nitrogens is 1. The van der Waals surface area contributed by atoms with Crippen molar-refractivity contribution in [2.75, 3.05) is 29.5 Å². The fourth-order valence-electron chi connectivity index (χ4n) is 1.91. The molecular formula is C12H16N2O3S. The zero-order chi connectivity index (χ0) is 13.1. The summed E-state index contributed by atoms with van der Waals surface area (Å²) in [7, 11) is -0.742. The van der Waals surface area contributed by atoms with Gasteiger partial charge in [-0.3, -0.25) is 4.21 Å². The normalized spacial score (nSPS) is 16.8. The number of anilines is 1. The van der Waals surface area contributed by atoms with Gasteiger partial charge in [0.05, 0.1) is 5.56 Å². The standard InChI is InChI=1S/C12H16N2O3S/c1-2-10-7-9(12(15)16)8-11(13-10)14-3-5-18(17)6-4-14/h7-8H,2-6H2,1H3,(H,15,16). The molecule has 0 atom stereocenters. The van der Waals surface area contributed by atoms with Crippen molar-refractivity contribution in [3.8, 4) is 0 Å². The van der Waals surface area contributed by atoms with Crippen LogP contribution in [0.5, 0.6) is 0 Å². The van der Waals surface area contributed by atoms with E-state index in [4.69, 9.17) is 5.11 Å². The molecule has 1 aliphatic heterocycles. The second kappa shape index (κ2) is 5.48. The van der Waals surface area contributed by atoms with Crippen molar-refractivity contribution in [3.05, 3.63) is 23.4 Å². The third-order valence-corrected chi connectivity index (χ3v) is 4.25. The predicted molar refractivity (Wildman–Crippen MR) is 70.7 cm³/mol. The molecule has 0 saturated carbocycles. The molecule has 6 heteroatoms. The summed E-state index contributed by atoms with van der Waals surface area (Å²) >= 11 is 0. The molecule has 2 heterocycles. The molecule has 1 saturated heterocycles. The predicted octanol–water partition coefficient (Wildman–Crippen LogP) is 0.911. The van der Waals surface area contributed by atoms with Crippen LogP contribution in [0, 0.1) is 0 Å². The molecule has 2 rings (SSSR count). The maximum absolute atomic E-state index is 11.3. The number of carboxylic acids is 1. The Hall–Kier alpha value is -1.43. The number of nitrogens with zero attached hydrogens (tertiary/aromatic N) is 2. The number of rotatable bonds is 3. The van der Waals surface area contributed by atoms with Crippen molar-refractivity contribution in [2.45, 2.75) is 13.3 Å². The van der Waals surface area contributed by atoms with E-state index < -0.39 is 16.8 Å². The van der Waals surface area contributed by atoms with Crippen molar-refractivity contribution < 1.29 is 14.1 Å². The van der Waals surface area contributed by atoms with Crippen LogP contribution in [-0.2, 0) is 17.2 Å². The van der Waals surface area contributed by atoms with Gasteiger partial charge in [0, 0.05) is 41.1 Å². The molecule has 0 aromatic carbocycles. The zero-order valence-electron chi connectivity index (χ0n) is 10.3. The molecule has 1 aliphatic rings. The van der Waals surface area contributed by atoms with E-state index in [2.05, 4.69) is 4.98 Å². The van der Waals surface area contributed by atoms with E-state index in [9.17, 15) is 9.00 Å². The second-order valence-electron chi connectivity index (χ2n) is 4.20. The van der Waals surface area contributed by atoms with Crippen LogP contribution >= 0.6 is 0 Å². The lowest BCUT2D eigenvalue weighted by atomic mass is 10.2. The number of carbonyl (C=O) groups is 1. The monoisotopic (exact) mass is 268 g/mol. The zero-order valence-corrected chi connectivity index (χ0v) is 11.1. The molecule has 18 heavy (non-hydrogen) atoms. The van der Waals surface area contributed by atoms with Gasteiger partial charge >= 0.3 is 5.97 Å². The SMILES string of the molecule is CCc1cc(C(=O)O)cc(N2CCS(=O)CC2)n1. The molecule has 1 N–H and O–H groups in total. The molecule has 1 fully saturated rings. The van der Waals surface area contributed by atoms with Crippen LogP contribution in [0.3, 0.4) is 0 Å². The molecule has 0 spiro atoms. The number of hydrogen-bond acceptors (Lipinski definition) is 4. The first kappa shape index (κ1) is 13.0. The third-order valence-electron chi connectivity index (χ3n) is 2.98.